The smallest absolute Gasteiger partial charge is 0.330 e. The molecule has 3 aromatic rings. The molecule has 0 aliphatic heterocycles. The van der Waals surface area contributed by atoms with E-state index < -0.39 is 16.5 Å². The third-order valence-corrected chi connectivity index (χ3v) is 5.27. The van der Waals surface area contributed by atoms with Crippen LogP contribution in [0.2, 0.25) is 0 Å². The summed E-state index contributed by atoms with van der Waals surface area (Å²) in [6.07, 6.45) is 6.03. The highest BCUT2D eigenvalue weighted by atomic mass is 32.3. The van der Waals surface area contributed by atoms with Crippen molar-refractivity contribution >= 4 is 21.3 Å². The zero-order valence-electron chi connectivity index (χ0n) is 16.5. The van der Waals surface area contributed by atoms with Gasteiger partial charge < -0.3 is 5.73 Å². The molecule has 4 N–H and O–H groups in total. The second-order valence-electron chi connectivity index (χ2n) is 7.06. The normalized spacial score (nSPS) is 15.0. The second-order valence-corrected chi connectivity index (χ2v) is 8.11. The molecule has 1 aliphatic carbocycles. The molecule has 0 amide bonds. The number of H-pyrrole nitrogens is 1. The number of pyridine rings is 1. The summed E-state index contributed by atoms with van der Waals surface area (Å²) in [6, 6.07) is 7.62. The summed E-state index contributed by atoms with van der Waals surface area (Å²) in [5.74, 6) is 0.527. The maximum absolute atomic E-state index is 10.8. The Morgan fingerprint density at radius 2 is 2.00 bits per heavy atom. The van der Waals surface area contributed by atoms with Crippen molar-refractivity contribution in [2.75, 3.05) is 6.54 Å². The van der Waals surface area contributed by atoms with E-state index in [1.54, 1.807) is 12.3 Å². The number of benzene rings is 1. The minimum Gasteiger partial charge on any atom is -0.330 e. The molecule has 1 saturated carbocycles. The molecule has 29 heavy (non-hydrogen) atoms. The van der Waals surface area contributed by atoms with Crippen molar-refractivity contribution in [3.8, 4) is 11.3 Å². The fraction of sp³-hybridized carbons (Fsp3) is 0.400. The van der Waals surface area contributed by atoms with Crippen LogP contribution >= 0.6 is 0 Å². The molecule has 0 spiro atoms. The molecule has 1 aliphatic rings. The Hall–Kier alpha value is -2.33. The van der Waals surface area contributed by atoms with Crippen molar-refractivity contribution in [1.82, 2.24) is 15.2 Å². The molecule has 9 heteroatoms. The highest BCUT2D eigenvalue weighted by Crippen LogP contribution is 2.47. The molecule has 0 saturated heterocycles. The van der Waals surface area contributed by atoms with Gasteiger partial charge in [0.25, 0.3) is 0 Å². The summed E-state index contributed by atoms with van der Waals surface area (Å²) in [7, 11) is -4.50. The SMILES string of the molecule is CC(OS(=O)(=O)O)c1ccc(-c2ccc3[nH]ncc3c2C2CC2)nc1.CCCN. The van der Waals surface area contributed by atoms with Crippen molar-refractivity contribution < 1.29 is 17.2 Å². The number of nitrogens with two attached hydrogens (primary N) is 1. The Bertz CT molecular complexity index is 1060. The summed E-state index contributed by atoms with van der Waals surface area (Å²) in [4.78, 5) is 4.47. The zero-order valence-corrected chi connectivity index (χ0v) is 17.3. The molecule has 0 bridgehead atoms. The van der Waals surface area contributed by atoms with Gasteiger partial charge in [-0.05, 0) is 56.3 Å². The van der Waals surface area contributed by atoms with Crippen LogP contribution in [0.25, 0.3) is 22.2 Å². The summed E-state index contributed by atoms with van der Waals surface area (Å²) in [6.45, 7) is 4.41. The van der Waals surface area contributed by atoms with Crippen molar-refractivity contribution in [3.05, 3.63) is 47.8 Å². The number of aromatic nitrogens is 3. The lowest BCUT2D eigenvalue weighted by atomic mass is 9.96. The first-order chi connectivity index (χ1) is 13.8. The molecule has 0 radical (unpaired) electrons. The van der Waals surface area contributed by atoms with Gasteiger partial charge in [-0.25, -0.2) is 4.18 Å². The van der Waals surface area contributed by atoms with Crippen LogP contribution in [0.15, 0.2) is 36.7 Å². The van der Waals surface area contributed by atoms with Gasteiger partial charge in [-0.2, -0.15) is 13.5 Å². The first kappa shape index (κ1) is 21.4. The van der Waals surface area contributed by atoms with Gasteiger partial charge in [-0.3, -0.25) is 14.6 Å². The van der Waals surface area contributed by atoms with Crippen LogP contribution in [0, 0.1) is 0 Å². The second kappa shape index (κ2) is 9.00. The van der Waals surface area contributed by atoms with Crippen LogP contribution < -0.4 is 5.73 Å². The lowest BCUT2D eigenvalue weighted by Crippen LogP contribution is -2.08. The van der Waals surface area contributed by atoms with Crippen LogP contribution in [-0.4, -0.2) is 34.7 Å². The van der Waals surface area contributed by atoms with E-state index in [-0.39, 0.29) is 0 Å². The predicted molar refractivity (Wildman–Crippen MR) is 112 cm³/mol. The summed E-state index contributed by atoms with van der Waals surface area (Å²) in [5, 5.41) is 8.25. The van der Waals surface area contributed by atoms with E-state index in [0.717, 1.165) is 48.0 Å². The van der Waals surface area contributed by atoms with Gasteiger partial charge >= 0.3 is 10.4 Å². The molecule has 1 unspecified atom stereocenters. The summed E-state index contributed by atoms with van der Waals surface area (Å²) < 4.78 is 35.0. The molecule has 1 aromatic carbocycles. The number of hydrogen-bond acceptors (Lipinski definition) is 6. The number of fused-ring (bicyclic) bond motifs is 1. The van der Waals surface area contributed by atoms with Gasteiger partial charge in [0, 0.05) is 22.7 Å². The van der Waals surface area contributed by atoms with Gasteiger partial charge in [0.15, 0.2) is 0 Å². The number of rotatable bonds is 6. The zero-order chi connectivity index (χ0) is 21.0. The monoisotopic (exact) mass is 418 g/mol. The lowest BCUT2D eigenvalue weighted by Gasteiger charge is -2.13. The van der Waals surface area contributed by atoms with Gasteiger partial charge in [0.05, 0.1) is 17.4 Å². The topological polar surface area (TPSA) is 131 Å². The van der Waals surface area contributed by atoms with E-state index in [1.807, 2.05) is 24.4 Å². The van der Waals surface area contributed by atoms with Gasteiger partial charge in [0.2, 0.25) is 0 Å². The molecule has 1 fully saturated rings. The summed E-state index contributed by atoms with van der Waals surface area (Å²) >= 11 is 0. The molecule has 2 heterocycles. The van der Waals surface area contributed by atoms with Gasteiger partial charge in [-0.1, -0.05) is 19.1 Å². The highest BCUT2D eigenvalue weighted by Gasteiger charge is 2.29. The highest BCUT2D eigenvalue weighted by molar-refractivity contribution is 7.80. The first-order valence-corrected chi connectivity index (χ1v) is 11.0. The van der Waals surface area contributed by atoms with Crippen LogP contribution in [-0.2, 0) is 14.6 Å². The standard InChI is InChI=1S/C17H17N3O4S.C3H9N/c1-10(24-25(21,22)23)12-4-6-15(18-8-12)13-5-7-16-14(9-19-20-16)17(13)11-2-3-11;1-2-3-4/h4-11H,2-3H2,1H3,(H,19,20)(H,21,22,23);2-4H2,1H3. The molecule has 4 rings (SSSR count). The van der Waals surface area contributed by atoms with Crippen LogP contribution in [0.4, 0.5) is 0 Å². The minimum absolute atomic E-state index is 0.527. The average molecular weight is 419 g/mol. The third-order valence-electron chi connectivity index (χ3n) is 4.74. The minimum atomic E-state index is -4.50. The van der Waals surface area contributed by atoms with Crippen LogP contribution in [0.1, 0.15) is 56.3 Å². The number of nitrogens with one attached hydrogen (secondary N) is 1. The largest absolute Gasteiger partial charge is 0.397 e. The quantitative estimate of drug-likeness (QED) is 0.520. The van der Waals surface area contributed by atoms with Gasteiger partial charge in [-0.15, -0.1) is 0 Å². The van der Waals surface area contributed by atoms with E-state index in [9.17, 15) is 8.42 Å². The Balaban J connectivity index is 0.000000552. The summed E-state index contributed by atoms with van der Waals surface area (Å²) in [5.41, 5.74) is 9.74. The fourth-order valence-corrected chi connectivity index (χ4v) is 3.59. The number of aromatic amines is 1. The van der Waals surface area contributed by atoms with Crippen molar-refractivity contribution in [3.63, 3.8) is 0 Å². The Morgan fingerprint density at radius 1 is 1.28 bits per heavy atom. The van der Waals surface area contributed by atoms with Crippen molar-refractivity contribution in [1.29, 1.82) is 0 Å². The first-order valence-electron chi connectivity index (χ1n) is 9.62. The molecule has 156 valence electrons. The lowest BCUT2D eigenvalue weighted by molar-refractivity contribution is 0.200. The molecular weight excluding hydrogens is 392 g/mol. The molecular formula is C20H26N4O4S. The van der Waals surface area contributed by atoms with E-state index in [4.69, 9.17) is 10.3 Å². The van der Waals surface area contributed by atoms with Gasteiger partial charge in [0.1, 0.15) is 6.10 Å². The number of nitrogens with zero attached hydrogens (tertiary/aromatic N) is 2. The van der Waals surface area contributed by atoms with Crippen molar-refractivity contribution in [2.24, 2.45) is 5.73 Å². The predicted octanol–water partition coefficient (Wildman–Crippen LogP) is 3.74. The average Bonchev–Trinajstić information content (AvgIpc) is 3.42. The van der Waals surface area contributed by atoms with Crippen molar-refractivity contribution in [2.45, 2.75) is 45.1 Å². The Morgan fingerprint density at radius 3 is 2.55 bits per heavy atom. The molecule has 2 aromatic heterocycles. The van der Waals surface area contributed by atoms with Crippen LogP contribution in [0.3, 0.4) is 0 Å². The Labute approximate surface area is 170 Å². The third kappa shape index (κ3) is 5.39. The maximum Gasteiger partial charge on any atom is 0.397 e. The van der Waals surface area contributed by atoms with E-state index >= 15 is 0 Å². The van der Waals surface area contributed by atoms with E-state index in [1.165, 1.54) is 12.5 Å². The van der Waals surface area contributed by atoms with E-state index in [0.29, 0.717) is 11.5 Å². The molecule has 1 atom stereocenters. The molecule has 8 nitrogen and oxygen atoms in total. The Kier molecular flexibility index (Phi) is 6.63. The maximum atomic E-state index is 10.8. The van der Waals surface area contributed by atoms with E-state index in [2.05, 4.69) is 26.3 Å². The fourth-order valence-electron chi connectivity index (χ4n) is 3.12. The van der Waals surface area contributed by atoms with Crippen LogP contribution in [0.5, 0.6) is 0 Å². The number of hydrogen-bond donors (Lipinski definition) is 3.